The van der Waals surface area contributed by atoms with Gasteiger partial charge in [0.15, 0.2) is 0 Å². The number of aliphatic imine (C=N–C) groups is 1. The molecule has 2 aromatic rings. The number of nitrogens with zero attached hydrogens (tertiary/aromatic N) is 7. The monoisotopic (exact) mass is 429 g/mol. The van der Waals surface area contributed by atoms with E-state index in [1.165, 1.54) is 31.5 Å². The summed E-state index contributed by atoms with van der Waals surface area (Å²) in [5.74, 6) is 1.73. The zero-order valence-electron chi connectivity index (χ0n) is 17.1. The molecule has 0 amide bonds. The summed E-state index contributed by atoms with van der Waals surface area (Å²) in [5, 5.41) is 11.1. The predicted octanol–water partition coefficient (Wildman–Crippen LogP) is 1.21. The van der Waals surface area contributed by atoms with Gasteiger partial charge in [0.05, 0.1) is 38.5 Å². The van der Waals surface area contributed by atoms with Crippen molar-refractivity contribution in [2.45, 2.75) is 0 Å². The van der Waals surface area contributed by atoms with Crippen LogP contribution in [0.1, 0.15) is 5.56 Å². The van der Waals surface area contributed by atoms with Crippen molar-refractivity contribution >= 4 is 29.7 Å². The van der Waals surface area contributed by atoms with Gasteiger partial charge in [-0.05, 0) is 6.07 Å². The van der Waals surface area contributed by atoms with Gasteiger partial charge in [-0.15, -0.1) is 0 Å². The van der Waals surface area contributed by atoms with Gasteiger partial charge in [0, 0.05) is 50.1 Å². The Hall–Kier alpha value is -3.38. The second-order valence-electron chi connectivity index (χ2n) is 6.88. The summed E-state index contributed by atoms with van der Waals surface area (Å²) < 4.78 is 16.1. The molecule has 0 radical (unpaired) electrons. The van der Waals surface area contributed by atoms with Crippen LogP contribution in [0.4, 0.5) is 23.5 Å². The van der Waals surface area contributed by atoms with Gasteiger partial charge < -0.3 is 24.0 Å². The first-order chi connectivity index (χ1) is 15.1. The van der Waals surface area contributed by atoms with E-state index >= 15 is 0 Å². The molecule has 0 bridgehead atoms. The maximum absolute atomic E-state index is 11.1. The summed E-state index contributed by atoms with van der Waals surface area (Å²) in [6.07, 6.45) is 1.47. The molecule has 0 N–H and O–H groups in total. The molecular weight excluding hydrogens is 406 g/mol. The minimum absolute atomic E-state index is 0.0547. The van der Waals surface area contributed by atoms with E-state index in [1.807, 2.05) is 9.80 Å². The van der Waals surface area contributed by atoms with Gasteiger partial charge >= 0.3 is 0 Å². The molecule has 2 aliphatic heterocycles. The van der Waals surface area contributed by atoms with Crippen LogP contribution in [0.25, 0.3) is 0 Å². The molecule has 3 heterocycles. The third-order valence-electron chi connectivity index (χ3n) is 4.93. The van der Waals surface area contributed by atoms with Crippen LogP contribution in [0.5, 0.6) is 5.75 Å². The molecule has 1 aromatic heterocycles. The maximum atomic E-state index is 11.1. The lowest BCUT2D eigenvalue weighted by molar-refractivity contribution is -0.384. The molecule has 12 nitrogen and oxygen atoms in total. The van der Waals surface area contributed by atoms with Gasteiger partial charge in [-0.2, -0.15) is 15.0 Å². The number of methoxy groups -OCH3 is 1. The molecule has 0 atom stereocenters. The van der Waals surface area contributed by atoms with Crippen molar-refractivity contribution in [1.82, 2.24) is 15.0 Å². The number of hydrogen-bond acceptors (Lipinski definition) is 11. The van der Waals surface area contributed by atoms with Gasteiger partial charge in [0.1, 0.15) is 5.75 Å². The second kappa shape index (κ2) is 9.62. The van der Waals surface area contributed by atoms with Crippen LogP contribution < -0.4 is 14.5 Å². The molecule has 0 aliphatic carbocycles. The molecule has 164 valence electrons. The largest absolute Gasteiger partial charge is 0.496 e. The van der Waals surface area contributed by atoms with Crippen LogP contribution >= 0.6 is 0 Å². The summed E-state index contributed by atoms with van der Waals surface area (Å²) in [7, 11) is 1.49. The lowest BCUT2D eigenvalue weighted by Gasteiger charge is -2.29. The Kier molecular flexibility index (Phi) is 6.48. The zero-order valence-corrected chi connectivity index (χ0v) is 17.1. The van der Waals surface area contributed by atoms with Gasteiger partial charge in [0.2, 0.25) is 11.9 Å². The summed E-state index contributed by atoms with van der Waals surface area (Å²) in [5.41, 5.74) is 0.402. The smallest absolute Gasteiger partial charge is 0.270 e. The fourth-order valence-corrected chi connectivity index (χ4v) is 3.27. The number of morpholine rings is 2. The quantitative estimate of drug-likeness (QED) is 0.375. The lowest BCUT2D eigenvalue weighted by Crippen LogP contribution is -2.39. The third kappa shape index (κ3) is 5.03. The van der Waals surface area contributed by atoms with Crippen molar-refractivity contribution in [2.24, 2.45) is 4.99 Å². The van der Waals surface area contributed by atoms with Crippen molar-refractivity contribution in [2.75, 3.05) is 69.5 Å². The van der Waals surface area contributed by atoms with Crippen molar-refractivity contribution in [1.29, 1.82) is 0 Å². The fraction of sp³-hybridized carbons (Fsp3) is 0.474. The molecule has 4 rings (SSSR count). The molecule has 31 heavy (non-hydrogen) atoms. The summed E-state index contributed by atoms with van der Waals surface area (Å²) in [6.45, 7) is 5.10. The number of non-ortho nitro benzene ring substituents is 1. The highest BCUT2D eigenvalue weighted by Crippen LogP contribution is 2.24. The number of aromatic nitrogens is 3. The Balaban J connectivity index is 1.68. The van der Waals surface area contributed by atoms with E-state index in [2.05, 4.69) is 19.9 Å². The van der Waals surface area contributed by atoms with Crippen LogP contribution in [0.2, 0.25) is 0 Å². The van der Waals surface area contributed by atoms with Gasteiger partial charge in [-0.3, -0.25) is 10.1 Å². The zero-order chi connectivity index (χ0) is 21.6. The molecule has 2 fully saturated rings. The third-order valence-corrected chi connectivity index (χ3v) is 4.93. The fourth-order valence-electron chi connectivity index (χ4n) is 3.27. The Labute approximate surface area is 178 Å². The van der Waals surface area contributed by atoms with Crippen molar-refractivity contribution in [3.63, 3.8) is 0 Å². The second-order valence-corrected chi connectivity index (χ2v) is 6.88. The minimum Gasteiger partial charge on any atom is -0.496 e. The summed E-state index contributed by atoms with van der Waals surface area (Å²) >= 11 is 0. The molecule has 12 heteroatoms. The minimum atomic E-state index is -0.465. The van der Waals surface area contributed by atoms with E-state index in [0.717, 1.165) is 0 Å². The Bertz CT molecular complexity index is 922. The molecule has 2 saturated heterocycles. The van der Waals surface area contributed by atoms with Crippen LogP contribution in [-0.2, 0) is 9.47 Å². The number of hydrogen-bond donors (Lipinski definition) is 0. The van der Waals surface area contributed by atoms with E-state index in [9.17, 15) is 10.1 Å². The van der Waals surface area contributed by atoms with E-state index in [-0.39, 0.29) is 11.6 Å². The number of nitro benzene ring substituents is 1. The van der Waals surface area contributed by atoms with E-state index < -0.39 is 4.92 Å². The highest BCUT2D eigenvalue weighted by atomic mass is 16.6. The number of anilines is 2. The number of benzene rings is 1. The standard InChI is InChI=1S/C19H23N7O5/c1-29-16-3-2-15(26(27)28)12-14(16)13-20-17-21-18(24-4-8-30-9-5-24)23-19(22-17)25-6-10-31-11-7-25/h2-3,12-13H,4-11H2,1H3/b20-13+. The predicted molar refractivity (Wildman–Crippen MR) is 113 cm³/mol. The van der Waals surface area contributed by atoms with E-state index in [0.29, 0.717) is 75.8 Å². The Morgan fingerprint density at radius 1 is 1.03 bits per heavy atom. The topological polar surface area (TPSA) is 128 Å². The molecule has 0 spiro atoms. The first kappa shape index (κ1) is 20.9. The van der Waals surface area contributed by atoms with Crippen LogP contribution in [0.3, 0.4) is 0 Å². The first-order valence-corrected chi connectivity index (χ1v) is 9.92. The highest BCUT2D eigenvalue weighted by molar-refractivity contribution is 5.86. The summed E-state index contributed by atoms with van der Waals surface area (Å²) in [6, 6.07) is 4.31. The number of nitro groups is 1. The Morgan fingerprint density at radius 3 is 2.13 bits per heavy atom. The van der Waals surface area contributed by atoms with Gasteiger partial charge in [-0.1, -0.05) is 0 Å². The van der Waals surface area contributed by atoms with Gasteiger partial charge in [0.25, 0.3) is 11.6 Å². The normalized spacial score (nSPS) is 17.2. The van der Waals surface area contributed by atoms with E-state index in [4.69, 9.17) is 14.2 Å². The lowest BCUT2D eigenvalue weighted by atomic mass is 10.2. The van der Waals surface area contributed by atoms with E-state index in [1.54, 1.807) is 0 Å². The van der Waals surface area contributed by atoms with Crippen molar-refractivity contribution in [3.8, 4) is 5.75 Å². The highest BCUT2D eigenvalue weighted by Gasteiger charge is 2.20. The van der Waals surface area contributed by atoms with Crippen LogP contribution in [0.15, 0.2) is 23.2 Å². The van der Waals surface area contributed by atoms with Crippen LogP contribution in [0, 0.1) is 10.1 Å². The van der Waals surface area contributed by atoms with Crippen LogP contribution in [-0.4, -0.2) is 85.8 Å². The average molecular weight is 429 g/mol. The average Bonchev–Trinajstić information content (AvgIpc) is 2.83. The van der Waals surface area contributed by atoms with Crippen molar-refractivity contribution in [3.05, 3.63) is 33.9 Å². The SMILES string of the molecule is COc1ccc([N+](=O)[O-])cc1/C=N/c1nc(N2CCOCC2)nc(N2CCOCC2)n1. The molecular formula is C19H23N7O5. The molecule has 1 aromatic carbocycles. The first-order valence-electron chi connectivity index (χ1n) is 9.92. The summed E-state index contributed by atoms with van der Waals surface area (Å²) in [4.78, 5) is 32.7. The van der Waals surface area contributed by atoms with Crippen molar-refractivity contribution < 1.29 is 19.1 Å². The maximum Gasteiger partial charge on any atom is 0.270 e. The Morgan fingerprint density at radius 2 is 1.61 bits per heavy atom. The van der Waals surface area contributed by atoms with Gasteiger partial charge in [-0.25, -0.2) is 4.99 Å². The molecule has 0 unspecified atom stereocenters. The number of ether oxygens (including phenoxy) is 3. The molecule has 0 saturated carbocycles. The number of rotatable bonds is 6. The molecule has 2 aliphatic rings.